The lowest BCUT2D eigenvalue weighted by molar-refractivity contribution is -0.126. The SMILES string of the molecule is CCC(=O)NCC(=O)N[C@@H](CC(C)C)B(O)O. The second kappa shape index (κ2) is 8.08. The van der Waals surface area contributed by atoms with Crippen LogP contribution in [0, 0.1) is 5.92 Å². The van der Waals surface area contributed by atoms with Crippen LogP contribution in [-0.4, -0.2) is 41.5 Å². The van der Waals surface area contributed by atoms with Gasteiger partial charge in [0.1, 0.15) is 0 Å². The molecule has 0 aliphatic heterocycles. The molecule has 0 aromatic heterocycles. The highest BCUT2D eigenvalue weighted by Crippen LogP contribution is 2.05. The fourth-order valence-electron chi connectivity index (χ4n) is 1.32. The van der Waals surface area contributed by atoms with E-state index in [1.54, 1.807) is 6.92 Å². The zero-order valence-corrected chi connectivity index (χ0v) is 10.6. The Morgan fingerprint density at radius 2 is 1.82 bits per heavy atom. The number of rotatable bonds is 7. The predicted molar refractivity (Wildman–Crippen MR) is 64.9 cm³/mol. The van der Waals surface area contributed by atoms with Crippen molar-refractivity contribution in [3.05, 3.63) is 0 Å². The van der Waals surface area contributed by atoms with Gasteiger partial charge in [-0.2, -0.15) is 0 Å². The lowest BCUT2D eigenvalue weighted by Crippen LogP contribution is -2.50. The number of nitrogens with one attached hydrogen (secondary N) is 2. The molecule has 17 heavy (non-hydrogen) atoms. The molecule has 6 nitrogen and oxygen atoms in total. The largest absolute Gasteiger partial charge is 0.475 e. The van der Waals surface area contributed by atoms with Gasteiger partial charge in [-0.25, -0.2) is 0 Å². The van der Waals surface area contributed by atoms with Crippen LogP contribution in [0.5, 0.6) is 0 Å². The summed E-state index contributed by atoms with van der Waals surface area (Å²) in [5, 5.41) is 23.1. The quantitative estimate of drug-likeness (QED) is 0.434. The maximum Gasteiger partial charge on any atom is 0.475 e. The second-order valence-electron chi connectivity index (χ2n) is 4.35. The minimum atomic E-state index is -1.59. The van der Waals surface area contributed by atoms with E-state index in [9.17, 15) is 9.59 Å². The number of amides is 2. The van der Waals surface area contributed by atoms with Crippen molar-refractivity contribution in [1.82, 2.24) is 10.6 Å². The molecule has 0 saturated carbocycles. The summed E-state index contributed by atoms with van der Waals surface area (Å²) in [4.78, 5) is 22.3. The average molecular weight is 244 g/mol. The molecule has 1 atom stereocenters. The first kappa shape index (κ1) is 15.9. The highest BCUT2D eigenvalue weighted by atomic mass is 16.4. The molecule has 0 aromatic rings. The van der Waals surface area contributed by atoms with Gasteiger partial charge in [-0.1, -0.05) is 20.8 Å². The van der Waals surface area contributed by atoms with E-state index in [1.807, 2.05) is 13.8 Å². The Kier molecular flexibility index (Phi) is 7.57. The van der Waals surface area contributed by atoms with Gasteiger partial charge < -0.3 is 20.7 Å². The van der Waals surface area contributed by atoms with Crippen molar-refractivity contribution in [2.45, 2.75) is 39.6 Å². The molecule has 0 aromatic carbocycles. The lowest BCUT2D eigenvalue weighted by atomic mass is 9.75. The van der Waals surface area contributed by atoms with Gasteiger partial charge in [0.2, 0.25) is 11.8 Å². The minimum Gasteiger partial charge on any atom is -0.426 e. The Hall–Kier alpha value is -1.08. The Morgan fingerprint density at radius 1 is 1.24 bits per heavy atom. The second-order valence-corrected chi connectivity index (χ2v) is 4.35. The maximum absolute atomic E-state index is 11.4. The summed E-state index contributed by atoms with van der Waals surface area (Å²) in [6, 6.07) is 0. The van der Waals surface area contributed by atoms with Crippen molar-refractivity contribution in [3.8, 4) is 0 Å². The molecule has 0 aliphatic carbocycles. The molecule has 98 valence electrons. The molecular formula is C10H21BN2O4. The number of hydrogen-bond donors (Lipinski definition) is 4. The Morgan fingerprint density at radius 3 is 2.24 bits per heavy atom. The van der Waals surface area contributed by atoms with E-state index in [1.165, 1.54) is 0 Å². The van der Waals surface area contributed by atoms with Crippen LogP contribution in [0.2, 0.25) is 0 Å². The van der Waals surface area contributed by atoms with Crippen LogP contribution in [0.3, 0.4) is 0 Å². The Balaban J connectivity index is 4.08. The number of hydrogen-bond acceptors (Lipinski definition) is 4. The smallest absolute Gasteiger partial charge is 0.426 e. The van der Waals surface area contributed by atoms with E-state index in [2.05, 4.69) is 10.6 Å². The summed E-state index contributed by atoms with van der Waals surface area (Å²) >= 11 is 0. The third-order valence-electron chi connectivity index (χ3n) is 2.20. The van der Waals surface area contributed by atoms with Gasteiger partial charge in [0.15, 0.2) is 0 Å². The van der Waals surface area contributed by atoms with Crippen molar-refractivity contribution in [1.29, 1.82) is 0 Å². The van der Waals surface area contributed by atoms with E-state index in [0.29, 0.717) is 12.8 Å². The summed E-state index contributed by atoms with van der Waals surface area (Å²) in [5.74, 6) is -1.12. The minimum absolute atomic E-state index is 0.145. The predicted octanol–water partition coefficient (Wildman–Crippen LogP) is -0.944. The molecule has 2 amide bonds. The summed E-state index contributed by atoms with van der Waals surface area (Å²) in [6.45, 7) is 5.38. The standard InChI is InChI=1S/C10H21BN2O4/c1-4-9(14)12-6-10(15)13-8(11(16)17)5-7(2)3/h7-8,16-17H,4-6H2,1-3H3,(H,12,14)(H,13,15)/t8-/m0/s1. The molecule has 0 heterocycles. The first-order valence-electron chi connectivity index (χ1n) is 5.79. The van der Waals surface area contributed by atoms with Gasteiger partial charge in [-0.05, 0) is 12.3 Å². The highest BCUT2D eigenvalue weighted by Gasteiger charge is 2.25. The van der Waals surface area contributed by atoms with Crippen LogP contribution in [0.25, 0.3) is 0 Å². The molecule has 7 heteroatoms. The van der Waals surface area contributed by atoms with Crippen molar-refractivity contribution < 1.29 is 19.6 Å². The fraction of sp³-hybridized carbons (Fsp3) is 0.800. The van der Waals surface area contributed by atoms with Crippen LogP contribution in [0.4, 0.5) is 0 Å². The normalized spacial score (nSPS) is 12.1. The van der Waals surface area contributed by atoms with Crippen molar-refractivity contribution >= 4 is 18.9 Å². The van der Waals surface area contributed by atoms with Crippen molar-refractivity contribution in [2.75, 3.05) is 6.54 Å². The molecule has 0 saturated heterocycles. The van der Waals surface area contributed by atoms with E-state index in [0.717, 1.165) is 0 Å². The molecule has 0 bridgehead atoms. The highest BCUT2D eigenvalue weighted by molar-refractivity contribution is 6.43. The Labute approximate surface area is 102 Å². The topological polar surface area (TPSA) is 98.7 Å². The van der Waals surface area contributed by atoms with Crippen LogP contribution < -0.4 is 10.6 Å². The maximum atomic E-state index is 11.4. The first-order valence-corrected chi connectivity index (χ1v) is 5.79. The van der Waals surface area contributed by atoms with Gasteiger partial charge in [0, 0.05) is 6.42 Å². The summed E-state index contributed by atoms with van der Waals surface area (Å²) in [6.07, 6.45) is 0.774. The van der Waals surface area contributed by atoms with E-state index < -0.39 is 19.0 Å². The third kappa shape index (κ3) is 7.76. The van der Waals surface area contributed by atoms with E-state index >= 15 is 0 Å². The number of carbonyl (C=O) groups is 2. The van der Waals surface area contributed by atoms with Crippen LogP contribution in [0.1, 0.15) is 33.6 Å². The Bertz CT molecular complexity index is 259. The van der Waals surface area contributed by atoms with Crippen LogP contribution >= 0.6 is 0 Å². The van der Waals surface area contributed by atoms with Crippen molar-refractivity contribution in [2.24, 2.45) is 5.92 Å². The summed E-state index contributed by atoms with van der Waals surface area (Å²) in [5.41, 5.74) is 0. The van der Waals surface area contributed by atoms with Crippen LogP contribution in [-0.2, 0) is 9.59 Å². The zero-order chi connectivity index (χ0) is 13.4. The molecule has 0 rings (SSSR count). The van der Waals surface area contributed by atoms with E-state index in [4.69, 9.17) is 10.0 Å². The van der Waals surface area contributed by atoms with E-state index in [-0.39, 0.29) is 18.4 Å². The van der Waals surface area contributed by atoms with Gasteiger partial charge in [0.05, 0.1) is 12.5 Å². The first-order chi connectivity index (χ1) is 7.86. The molecular weight excluding hydrogens is 223 g/mol. The summed E-state index contributed by atoms with van der Waals surface area (Å²) in [7, 11) is -1.59. The van der Waals surface area contributed by atoms with Gasteiger partial charge in [-0.15, -0.1) is 0 Å². The van der Waals surface area contributed by atoms with Gasteiger partial charge in [-0.3, -0.25) is 9.59 Å². The van der Waals surface area contributed by atoms with Crippen molar-refractivity contribution in [3.63, 3.8) is 0 Å². The molecule has 4 N–H and O–H groups in total. The third-order valence-corrected chi connectivity index (χ3v) is 2.20. The molecule has 0 radical (unpaired) electrons. The fourth-order valence-corrected chi connectivity index (χ4v) is 1.32. The molecule has 0 fully saturated rings. The monoisotopic (exact) mass is 244 g/mol. The van der Waals surface area contributed by atoms with Gasteiger partial charge in [0.25, 0.3) is 0 Å². The molecule has 0 aliphatic rings. The summed E-state index contributed by atoms with van der Waals surface area (Å²) < 4.78 is 0. The average Bonchev–Trinajstić information content (AvgIpc) is 2.24. The zero-order valence-electron chi connectivity index (χ0n) is 10.6. The molecule has 0 spiro atoms. The number of carbonyl (C=O) groups excluding carboxylic acids is 2. The lowest BCUT2D eigenvalue weighted by Gasteiger charge is -2.19. The molecule has 0 unspecified atom stereocenters. The van der Waals surface area contributed by atoms with Crippen LogP contribution in [0.15, 0.2) is 0 Å². The van der Waals surface area contributed by atoms with Gasteiger partial charge >= 0.3 is 7.12 Å².